The largest absolute Gasteiger partial charge is 0.392 e. The van der Waals surface area contributed by atoms with Gasteiger partial charge in [-0.2, -0.15) is 0 Å². The van der Waals surface area contributed by atoms with Crippen molar-refractivity contribution in [3.8, 4) is 0 Å². The average Bonchev–Trinajstić information content (AvgIpc) is 2.95. The summed E-state index contributed by atoms with van der Waals surface area (Å²) < 4.78 is 12.9. The quantitative estimate of drug-likeness (QED) is 0.369. The number of piperidine rings is 1. The maximum Gasteiger partial charge on any atom is 0.221 e. The van der Waals surface area contributed by atoms with Gasteiger partial charge in [0.2, 0.25) is 5.91 Å². The minimum atomic E-state index is -0.854. The Morgan fingerprint density at radius 2 is 1.62 bits per heavy atom. The van der Waals surface area contributed by atoms with Gasteiger partial charge in [-0.1, -0.05) is 60.1 Å². The van der Waals surface area contributed by atoms with Gasteiger partial charge < -0.3 is 29.9 Å². The van der Waals surface area contributed by atoms with Gasteiger partial charge in [0.1, 0.15) is 0 Å². The number of anilines is 1. The lowest BCUT2D eigenvalue weighted by molar-refractivity contribution is -0.253. The summed E-state index contributed by atoms with van der Waals surface area (Å²) in [6.07, 6.45) is 1.15. The summed E-state index contributed by atoms with van der Waals surface area (Å²) in [4.78, 5) is 13.8. The molecule has 2 heterocycles. The predicted octanol–water partition coefficient (Wildman–Crippen LogP) is 5.32. The molecule has 7 nitrogen and oxygen atoms in total. The summed E-state index contributed by atoms with van der Waals surface area (Å²) in [5.74, 6) is -0.121. The first-order chi connectivity index (χ1) is 18.8. The molecule has 0 aromatic heterocycles. The maximum absolute atomic E-state index is 11.4. The lowest BCUT2D eigenvalue weighted by Crippen LogP contribution is -2.46. The first-order valence-corrected chi connectivity index (χ1v) is 13.8. The van der Waals surface area contributed by atoms with Gasteiger partial charge in [-0.3, -0.25) is 4.79 Å². The van der Waals surface area contributed by atoms with E-state index in [1.807, 2.05) is 72.8 Å². The lowest BCUT2D eigenvalue weighted by atomic mass is 9.84. The first-order valence-electron chi connectivity index (χ1n) is 13.4. The Kier molecular flexibility index (Phi) is 8.67. The fourth-order valence-electron chi connectivity index (χ4n) is 5.40. The van der Waals surface area contributed by atoms with E-state index in [4.69, 9.17) is 21.1 Å². The third-order valence-electron chi connectivity index (χ3n) is 7.64. The number of hydrogen-bond acceptors (Lipinski definition) is 6. The number of rotatable bonds is 7. The molecule has 0 radical (unpaired) electrons. The van der Waals surface area contributed by atoms with E-state index in [1.54, 1.807) is 0 Å². The van der Waals surface area contributed by atoms with Gasteiger partial charge in [-0.25, -0.2) is 0 Å². The van der Waals surface area contributed by atoms with E-state index in [0.717, 1.165) is 47.6 Å². The highest BCUT2D eigenvalue weighted by Gasteiger charge is 2.37. The molecular formula is C31H35ClN2O5. The monoisotopic (exact) mass is 550 g/mol. The number of likely N-dealkylation sites (tertiary alicyclic amines) is 1. The Morgan fingerprint density at radius 1 is 0.974 bits per heavy atom. The highest BCUT2D eigenvalue weighted by atomic mass is 35.5. The smallest absolute Gasteiger partial charge is 0.221 e. The van der Waals surface area contributed by atoms with Crippen LogP contribution in [-0.4, -0.2) is 46.8 Å². The highest BCUT2D eigenvalue weighted by Crippen LogP contribution is 2.39. The van der Waals surface area contributed by atoms with Crippen molar-refractivity contribution in [1.82, 2.24) is 4.90 Å². The van der Waals surface area contributed by atoms with E-state index < -0.39 is 11.9 Å². The molecule has 3 N–H and O–H groups in total. The number of benzene rings is 3. The van der Waals surface area contributed by atoms with Crippen LogP contribution in [0.15, 0.2) is 72.8 Å². The molecule has 3 atom stereocenters. The molecule has 2 saturated heterocycles. The summed E-state index contributed by atoms with van der Waals surface area (Å²) in [6.45, 7) is 3.72. The average molecular weight is 551 g/mol. The Hall–Kier alpha value is -2.78. The fraction of sp³-hybridized carbons (Fsp3) is 0.387. The first kappa shape index (κ1) is 27.8. The Morgan fingerprint density at radius 3 is 2.23 bits per heavy atom. The molecule has 0 unspecified atom stereocenters. The summed E-state index contributed by atoms with van der Waals surface area (Å²) in [5, 5.41) is 24.2. The van der Waals surface area contributed by atoms with Crippen LogP contribution in [0.25, 0.3) is 0 Å². The zero-order valence-electron chi connectivity index (χ0n) is 22.1. The van der Waals surface area contributed by atoms with E-state index in [1.165, 1.54) is 6.92 Å². The number of nitrogens with zero attached hydrogens (tertiary/aromatic N) is 1. The number of carbonyl (C=O) groups excluding carboxylic acids is 1. The minimum Gasteiger partial charge on any atom is -0.392 e. The van der Waals surface area contributed by atoms with Crippen LogP contribution in [0.5, 0.6) is 0 Å². The van der Waals surface area contributed by atoms with Crippen molar-refractivity contribution >= 4 is 23.2 Å². The van der Waals surface area contributed by atoms with Crippen LogP contribution in [0.1, 0.15) is 60.8 Å². The van der Waals surface area contributed by atoms with Crippen molar-refractivity contribution < 1.29 is 24.5 Å². The normalized spacial score (nSPS) is 23.3. The molecule has 206 valence electrons. The van der Waals surface area contributed by atoms with Crippen LogP contribution < -0.4 is 5.32 Å². The summed E-state index contributed by atoms with van der Waals surface area (Å²) in [5.41, 5.74) is 3.54. The predicted molar refractivity (Wildman–Crippen MR) is 150 cm³/mol. The highest BCUT2D eigenvalue weighted by molar-refractivity contribution is 6.30. The molecule has 2 fully saturated rings. The lowest BCUT2D eigenvalue weighted by Gasteiger charge is -2.42. The molecular weight excluding hydrogens is 516 g/mol. The second kappa shape index (κ2) is 12.2. The topological polar surface area (TPSA) is 91.3 Å². The van der Waals surface area contributed by atoms with Crippen LogP contribution in [-0.2, 0) is 26.5 Å². The van der Waals surface area contributed by atoms with Gasteiger partial charge in [0.15, 0.2) is 6.29 Å². The zero-order chi connectivity index (χ0) is 27.4. The molecule has 1 amide bonds. The Balaban J connectivity index is 1.29. The second-order valence-electron chi connectivity index (χ2n) is 10.5. The van der Waals surface area contributed by atoms with Crippen LogP contribution in [0, 0.1) is 0 Å². The summed E-state index contributed by atoms with van der Waals surface area (Å²) in [7, 11) is 0. The van der Waals surface area contributed by atoms with Crippen molar-refractivity contribution in [2.45, 2.75) is 56.9 Å². The minimum absolute atomic E-state index is 0.00184. The van der Waals surface area contributed by atoms with Crippen molar-refractivity contribution in [2.75, 3.05) is 25.0 Å². The van der Waals surface area contributed by atoms with Crippen molar-refractivity contribution in [1.29, 1.82) is 0 Å². The number of carbonyl (C=O) groups is 1. The molecule has 8 heteroatoms. The molecule has 3 aromatic rings. The zero-order valence-corrected chi connectivity index (χ0v) is 22.8. The van der Waals surface area contributed by atoms with Crippen molar-refractivity contribution in [2.24, 2.45) is 0 Å². The summed E-state index contributed by atoms with van der Waals surface area (Å²) >= 11 is 6.04. The van der Waals surface area contributed by atoms with E-state index in [0.29, 0.717) is 24.3 Å². The van der Waals surface area contributed by atoms with E-state index >= 15 is 0 Å². The standard InChI is InChI=1S/C31H35ClN2O5/c1-21(36)33-27-12-6-24(7-13-27)30-38-28(18-29(39-30)23-4-2-22(20-35)3-5-23)19-34-16-14-31(37,15-17-34)25-8-10-26(32)11-9-25/h2-13,28-30,35,37H,14-20H2,1H3,(H,33,36)/t28-,29+,30+/m1/s1. The van der Waals surface area contributed by atoms with Crippen LogP contribution in [0.2, 0.25) is 5.02 Å². The molecule has 2 aliphatic rings. The third-order valence-corrected chi connectivity index (χ3v) is 7.90. The molecule has 0 aliphatic carbocycles. The Bertz CT molecular complexity index is 1240. The number of amides is 1. The van der Waals surface area contributed by atoms with E-state index in [9.17, 15) is 15.0 Å². The van der Waals surface area contributed by atoms with Gasteiger partial charge in [-0.05, 0) is 53.8 Å². The SMILES string of the molecule is CC(=O)Nc1ccc([C@H]2O[C@@H](CN3CCC(O)(c4ccc(Cl)cc4)CC3)C[C@@H](c3ccc(CO)cc3)O2)cc1. The van der Waals surface area contributed by atoms with Gasteiger partial charge >= 0.3 is 0 Å². The van der Waals surface area contributed by atoms with Crippen LogP contribution in [0.3, 0.4) is 0 Å². The number of ether oxygens (including phenoxy) is 2. The number of hydrogen-bond donors (Lipinski definition) is 3. The van der Waals surface area contributed by atoms with Crippen molar-refractivity contribution in [3.05, 3.63) is 100 Å². The molecule has 2 aliphatic heterocycles. The maximum atomic E-state index is 11.4. The molecule has 5 rings (SSSR count). The number of halogens is 1. The molecule has 3 aromatic carbocycles. The van der Waals surface area contributed by atoms with E-state index in [2.05, 4.69) is 10.2 Å². The molecule has 0 spiro atoms. The van der Waals surface area contributed by atoms with Crippen molar-refractivity contribution in [3.63, 3.8) is 0 Å². The van der Waals surface area contributed by atoms with E-state index in [-0.39, 0.29) is 24.7 Å². The summed E-state index contributed by atoms with van der Waals surface area (Å²) in [6, 6.07) is 22.8. The molecule has 39 heavy (non-hydrogen) atoms. The van der Waals surface area contributed by atoms with Gasteiger partial charge in [-0.15, -0.1) is 0 Å². The van der Waals surface area contributed by atoms with Gasteiger partial charge in [0, 0.05) is 49.3 Å². The fourth-order valence-corrected chi connectivity index (χ4v) is 5.53. The number of aliphatic hydroxyl groups excluding tert-OH is 1. The molecule has 0 bridgehead atoms. The van der Waals surface area contributed by atoms with Gasteiger partial charge in [0.05, 0.1) is 24.4 Å². The van der Waals surface area contributed by atoms with Crippen LogP contribution >= 0.6 is 11.6 Å². The number of nitrogens with one attached hydrogen (secondary N) is 1. The molecule has 0 saturated carbocycles. The number of aliphatic hydroxyl groups is 2. The Labute approximate surface area is 234 Å². The second-order valence-corrected chi connectivity index (χ2v) is 10.9. The van der Waals surface area contributed by atoms with Gasteiger partial charge in [0.25, 0.3) is 0 Å². The van der Waals surface area contributed by atoms with Crippen LogP contribution in [0.4, 0.5) is 5.69 Å². The third kappa shape index (κ3) is 6.87.